The Morgan fingerprint density at radius 2 is 1.37 bits per heavy atom. The molecule has 178 valence electrons. The number of benzene rings is 4. The zero-order chi connectivity index (χ0) is 24.5. The highest BCUT2D eigenvalue weighted by molar-refractivity contribution is 6.04. The van der Waals surface area contributed by atoms with E-state index in [2.05, 4.69) is 5.32 Å². The van der Waals surface area contributed by atoms with E-state index in [4.69, 9.17) is 18.9 Å². The van der Waals surface area contributed by atoms with Gasteiger partial charge in [-0.05, 0) is 60.2 Å². The molecule has 4 rings (SSSR count). The Bertz CT molecular complexity index is 1260. The van der Waals surface area contributed by atoms with E-state index in [1.165, 1.54) is 0 Å². The van der Waals surface area contributed by atoms with Crippen molar-refractivity contribution in [1.82, 2.24) is 0 Å². The summed E-state index contributed by atoms with van der Waals surface area (Å²) in [6.07, 6.45) is 0. The van der Waals surface area contributed by atoms with Crippen molar-refractivity contribution >= 4 is 11.6 Å². The summed E-state index contributed by atoms with van der Waals surface area (Å²) in [5.41, 5.74) is 3.00. The van der Waals surface area contributed by atoms with Crippen LogP contribution in [0.2, 0.25) is 0 Å². The zero-order valence-electron chi connectivity index (χ0n) is 19.7. The van der Waals surface area contributed by atoms with Crippen molar-refractivity contribution in [2.24, 2.45) is 0 Å². The number of hydrogen-bond donors (Lipinski definition) is 1. The first kappa shape index (κ1) is 23.7. The summed E-state index contributed by atoms with van der Waals surface area (Å²) in [7, 11) is 3.18. The van der Waals surface area contributed by atoms with Crippen molar-refractivity contribution in [3.05, 3.63) is 114 Å². The first-order valence-corrected chi connectivity index (χ1v) is 11.2. The lowest BCUT2D eigenvalue weighted by atomic mass is 10.1. The van der Waals surface area contributed by atoms with Crippen molar-refractivity contribution in [3.8, 4) is 23.0 Å². The van der Waals surface area contributed by atoms with E-state index in [1.807, 2.05) is 78.9 Å². The molecule has 0 unspecified atom stereocenters. The summed E-state index contributed by atoms with van der Waals surface area (Å²) in [4.78, 5) is 12.9. The molecule has 0 aliphatic carbocycles. The zero-order valence-corrected chi connectivity index (χ0v) is 19.7. The Hall–Kier alpha value is -4.45. The van der Waals surface area contributed by atoms with E-state index in [9.17, 15) is 4.79 Å². The van der Waals surface area contributed by atoms with Crippen molar-refractivity contribution in [3.63, 3.8) is 0 Å². The van der Waals surface area contributed by atoms with Gasteiger partial charge in [-0.25, -0.2) is 0 Å². The van der Waals surface area contributed by atoms with Gasteiger partial charge < -0.3 is 24.3 Å². The fourth-order valence-electron chi connectivity index (χ4n) is 3.50. The molecule has 0 bridgehead atoms. The van der Waals surface area contributed by atoms with Crippen molar-refractivity contribution < 1.29 is 23.7 Å². The number of para-hydroxylation sites is 2. The van der Waals surface area contributed by atoms with Gasteiger partial charge in [0.1, 0.15) is 24.7 Å². The van der Waals surface area contributed by atoms with Crippen LogP contribution in [0.25, 0.3) is 0 Å². The van der Waals surface area contributed by atoms with Gasteiger partial charge >= 0.3 is 0 Å². The highest BCUT2D eigenvalue weighted by Gasteiger charge is 2.13. The summed E-state index contributed by atoms with van der Waals surface area (Å²) in [5, 5.41) is 2.92. The Kier molecular flexibility index (Phi) is 7.86. The quantitative estimate of drug-likeness (QED) is 0.303. The maximum atomic E-state index is 12.9. The molecule has 6 nitrogen and oxygen atoms in total. The van der Waals surface area contributed by atoms with E-state index < -0.39 is 0 Å². The van der Waals surface area contributed by atoms with Gasteiger partial charge in [-0.15, -0.1) is 0 Å². The summed E-state index contributed by atoms with van der Waals surface area (Å²) in [6.45, 7) is 0.705. The topological polar surface area (TPSA) is 66.0 Å². The highest BCUT2D eigenvalue weighted by atomic mass is 16.5. The van der Waals surface area contributed by atoms with Crippen LogP contribution in [0.1, 0.15) is 21.5 Å². The van der Waals surface area contributed by atoms with Crippen LogP contribution in [-0.4, -0.2) is 20.1 Å². The predicted octanol–water partition coefficient (Wildman–Crippen LogP) is 6.11. The van der Waals surface area contributed by atoms with Gasteiger partial charge in [-0.3, -0.25) is 4.79 Å². The van der Waals surface area contributed by atoms with Crippen LogP contribution >= 0.6 is 0 Å². The maximum Gasteiger partial charge on any atom is 0.255 e. The number of anilines is 1. The molecule has 6 heteroatoms. The minimum Gasteiger partial charge on any atom is -0.496 e. The van der Waals surface area contributed by atoms with Gasteiger partial charge in [0.15, 0.2) is 11.5 Å². The Labute approximate surface area is 205 Å². The van der Waals surface area contributed by atoms with Gasteiger partial charge in [0.25, 0.3) is 5.91 Å². The van der Waals surface area contributed by atoms with E-state index in [0.717, 1.165) is 16.9 Å². The number of hydrogen-bond acceptors (Lipinski definition) is 5. The molecule has 0 spiro atoms. The third-order valence-electron chi connectivity index (χ3n) is 5.36. The maximum absolute atomic E-state index is 12.9. The smallest absolute Gasteiger partial charge is 0.255 e. The minimum atomic E-state index is -0.232. The van der Waals surface area contributed by atoms with Crippen molar-refractivity contribution in [1.29, 1.82) is 0 Å². The molecular weight excluding hydrogens is 442 g/mol. The summed E-state index contributed by atoms with van der Waals surface area (Å²) in [5.74, 6) is 2.38. The lowest BCUT2D eigenvalue weighted by molar-refractivity contribution is 0.102. The molecule has 1 N–H and O–H groups in total. The predicted molar refractivity (Wildman–Crippen MR) is 135 cm³/mol. The molecule has 0 aliphatic rings. The largest absolute Gasteiger partial charge is 0.496 e. The highest BCUT2D eigenvalue weighted by Crippen LogP contribution is 2.29. The van der Waals surface area contributed by atoms with E-state index >= 15 is 0 Å². The van der Waals surface area contributed by atoms with E-state index in [0.29, 0.717) is 35.1 Å². The lowest BCUT2D eigenvalue weighted by Gasteiger charge is -2.14. The first-order chi connectivity index (χ1) is 17.2. The summed E-state index contributed by atoms with van der Waals surface area (Å²) in [6, 6.07) is 29.9. The van der Waals surface area contributed by atoms with E-state index in [1.54, 1.807) is 32.4 Å². The number of nitrogens with one attached hydrogen (secondary N) is 1. The Morgan fingerprint density at radius 3 is 2.09 bits per heavy atom. The molecule has 0 saturated carbocycles. The van der Waals surface area contributed by atoms with Crippen molar-refractivity contribution in [2.45, 2.75) is 13.2 Å². The molecule has 0 radical (unpaired) electrons. The molecule has 0 heterocycles. The Morgan fingerprint density at radius 1 is 0.686 bits per heavy atom. The van der Waals surface area contributed by atoms with Gasteiger partial charge in [-0.2, -0.15) is 0 Å². The molecular formula is C29H27NO5. The van der Waals surface area contributed by atoms with Crippen LogP contribution in [0, 0.1) is 0 Å². The molecule has 0 aliphatic heterocycles. The molecule has 0 aromatic heterocycles. The number of amides is 1. The third kappa shape index (κ3) is 6.32. The molecule has 4 aromatic carbocycles. The number of ether oxygens (including phenoxy) is 4. The SMILES string of the molecule is COc1ccc(C(=O)Nc2ccc(OCc3ccccc3)cc2)cc1COc1ccccc1OC. The Balaban J connectivity index is 1.39. The number of carbonyl (C=O) groups is 1. The molecule has 0 atom stereocenters. The van der Waals surface area contributed by atoms with Crippen LogP contribution in [0.5, 0.6) is 23.0 Å². The minimum absolute atomic E-state index is 0.220. The average molecular weight is 470 g/mol. The molecule has 1 amide bonds. The van der Waals surface area contributed by atoms with Crippen LogP contribution in [0.4, 0.5) is 5.69 Å². The number of carbonyl (C=O) groups excluding carboxylic acids is 1. The molecule has 0 fully saturated rings. The van der Waals surface area contributed by atoms with Gasteiger partial charge in [0.05, 0.1) is 14.2 Å². The first-order valence-electron chi connectivity index (χ1n) is 11.2. The van der Waals surface area contributed by atoms with Gasteiger partial charge in [-0.1, -0.05) is 42.5 Å². The number of methoxy groups -OCH3 is 2. The second-order valence-electron chi connectivity index (χ2n) is 7.72. The van der Waals surface area contributed by atoms with Crippen LogP contribution in [-0.2, 0) is 13.2 Å². The summed E-state index contributed by atoms with van der Waals surface area (Å²) >= 11 is 0. The standard InChI is InChI=1S/C29H27NO5/c1-32-26-17-12-22(18-23(26)20-35-28-11-7-6-10-27(28)33-2)29(31)30-24-13-15-25(16-14-24)34-19-21-8-4-3-5-9-21/h3-18H,19-20H2,1-2H3,(H,30,31). The van der Waals surface area contributed by atoms with E-state index in [-0.39, 0.29) is 12.5 Å². The second-order valence-corrected chi connectivity index (χ2v) is 7.72. The lowest BCUT2D eigenvalue weighted by Crippen LogP contribution is -2.13. The van der Waals surface area contributed by atoms with Crippen LogP contribution < -0.4 is 24.3 Å². The number of rotatable bonds is 10. The van der Waals surface area contributed by atoms with Crippen LogP contribution in [0.15, 0.2) is 97.1 Å². The average Bonchev–Trinajstić information content (AvgIpc) is 2.92. The second kappa shape index (κ2) is 11.6. The molecule has 35 heavy (non-hydrogen) atoms. The van der Waals surface area contributed by atoms with Crippen molar-refractivity contribution in [2.75, 3.05) is 19.5 Å². The van der Waals surface area contributed by atoms with Crippen LogP contribution in [0.3, 0.4) is 0 Å². The fraction of sp³-hybridized carbons (Fsp3) is 0.138. The summed E-state index contributed by atoms with van der Waals surface area (Å²) < 4.78 is 22.5. The van der Waals surface area contributed by atoms with Gasteiger partial charge in [0.2, 0.25) is 0 Å². The molecule has 4 aromatic rings. The monoisotopic (exact) mass is 469 g/mol. The third-order valence-corrected chi connectivity index (χ3v) is 5.36. The fourth-order valence-corrected chi connectivity index (χ4v) is 3.50. The normalized spacial score (nSPS) is 10.3. The molecule has 0 saturated heterocycles. The van der Waals surface area contributed by atoms with Gasteiger partial charge in [0, 0.05) is 16.8 Å².